The normalized spacial score (nSPS) is 10.3. The van der Waals surface area contributed by atoms with E-state index in [1.807, 2.05) is 13.8 Å². The van der Waals surface area contributed by atoms with Crippen LogP contribution in [0.1, 0.15) is 10.6 Å². The van der Waals surface area contributed by atoms with Gasteiger partial charge in [0.15, 0.2) is 11.7 Å². The van der Waals surface area contributed by atoms with Crippen molar-refractivity contribution in [2.75, 3.05) is 25.0 Å². The predicted molar refractivity (Wildman–Crippen MR) is 104 cm³/mol. The molecule has 2 rings (SSSR count). The number of anilines is 1. The molecule has 0 aliphatic carbocycles. The van der Waals surface area contributed by atoms with Crippen LogP contribution in [-0.2, 0) is 9.59 Å². The van der Waals surface area contributed by atoms with Crippen molar-refractivity contribution in [3.8, 4) is 5.75 Å². The molecule has 8 heteroatoms. The summed E-state index contributed by atoms with van der Waals surface area (Å²) in [6.45, 7) is 7.39. The van der Waals surface area contributed by atoms with E-state index in [1.54, 1.807) is 30.3 Å². The molecule has 0 aliphatic rings. The lowest BCUT2D eigenvalue weighted by Crippen LogP contribution is -2.40. The van der Waals surface area contributed by atoms with E-state index in [0.29, 0.717) is 15.9 Å². The SMILES string of the molecule is C=CCN(CC(=O)Nc1nc(C)c(C)s1)C(=O)COc1ccc(Cl)cc1. The molecule has 2 amide bonds. The summed E-state index contributed by atoms with van der Waals surface area (Å²) in [5, 5.41) is 3.82. The molecule has 0 saturated carbocycles. The van der Waals surface area contributed by atoms with Gasteiger partial charge in [0.05, 0.1) is 5.69 Å². The molecule has 138 valence electrons. The van der Waals surface area contributed by atoms with Gasteiger partial charge in [-0.15, -0.1) is 17.9 Å². The van der Waals surface area contributed by atoms with Gasteiger partial charge in [0, 0.05) is 16.4 Å². The number of aromatic nitrogens is 1. The maximum atomic E-state index is 12.4. The van der Waals surface area contributed by atoms with Gasteiger partial charge in [-0.05, 0) is 38.1 Å². The average Bonchev–Trinajstić information content (AvgIpc) is 2.91. The number of aryl methyl sites for hydroxylation is 2. The van der Waals surface area contributed by atoms with Crippen molar-refractivity contribution >= 4 is 39.9 Å². The van der Waals surface area contributed by atoms with Crippen molar-refractivity contribution in [3.05, 3.63) is 52.5 Å². The van der Waals surface area contributed by atoms with E-state index in [-0.39, 0.29) is 31.5 Å². The zero-order valence-corrected chi connectivity index (χ0v) is 16.2. The lowest BCUT2D eigenvalue weighted by Gasteiger charge is -2.20. The molecule has 6 nitrogen and oxygen atoms in total. The van der Waals surface area contributed by atoms with E-state index in [9.17, 15) is 9.59 Å². The van der Waals surface area contributed by atoms with Crippen LogP contribution >= 0.6 is 22.9 Å². The first-order chi connectivity index (χ1) is 12.4. The van der Waals surface area contributed by atoms with Crippen LogP contribution in [-0.4, -0.2) is 41.4 Å². The molecule has 1 N–H and O–H groups in total. The smallest absolute Gasteiger partial charge is 0.261 e. The van der Waals surface area contributed by atoms with Crippen LogP contribution in [0.5, 0.6) is 5.75 Å². The molecule has 0 spiro atoms. The molecular weight excluding hydrogens is 374 g/mol. The van der Waals surface area contributed by atoms with Crippen LogP contribution in [0.15, 0.2) is 36.9 Å². The third-order valence-electron chi connectivity index (χ3n) is 3.49. The third-order valence-corrected chi connectivity index (χ3v) is 4.73. The van der Waals surface area contributed by atoms with Gasteiger partial charge in [0.25, 0.3) is 5.91 Å². The molecule has 1 aromatic heterocycles. The van der Waals surface area contributed by atoms with E-state index in [0.717, 1.165) is 10.6 Å². The van der Waals surface area contributed by atoms with Crippen molar-refractivity contribution in [1.29, 1.82) is 0 Å². The van der Waals surface area contributed by atoms with Gasteiger partial charge < -0.3 is 15.0 Å². The number of thiazole rings is 1. The number of carbonyl (C=O) groups excluding carboxylic acids is 2. The molecule has 0 radical (unpaired) electrons. The van der Waals surface area contributed by atoms with Gasteiger partial charge in [-0.25, -0.2) is 4.98 Å². The van der Waals surface area contributed by atoms with Crippen molar-refractivity contribution in [3.63, 3.8) is 0 Å². The molecule has 0 atom stereocenters. The molecule has 0 fully saturated rings. The Bertz CT molecular complexity index is 770. The summed E-state index contributed by atoms with van der Waals surface area (Å²) < 4.78 is 5.44. The van der Waals surface area contributed by atoms with Crippen LogP contribution in [0.2, 0.25) is 5.02 Å². The van der Waals surface area contributed by atoms with E-state index in [2.05, 4.69) is 16.9 Å². The predicted octanol–water partition coefficient (Wildman–Crippen LogP) is 3.45. The van der Waals surface area contributed by atoms with Gasteiger partial charge >= 0.3 is 0 Å². The second-order valence-corrected chi connectivity index (χ2v) is 7.15. The second kappa shape index (κ2) is 9.35. The average molecular weight is 394 g/mol. The highest BCUT2D eigenvalue weighted by atomic mass is 35.5. The summed E-state index contributed by atoms with van der Waals surface area (Å²) in [6, 6.07) is 6.70. The number of carbonyl (C=O) groups is 2. The first-order valence-electron chi connectivity index (χ1n) is 7.90. The number of nitrogens with zero attached hydrogens (tertiary/aromatic N) is 2. The first kappa shape index (κ1) is 19.9. The largest absolute Gasteiger partial charge is 0.484 e. The Labute approximate surface area is 161 Å². The second-order valence-electron chi connectivity index (χ2n) is 5.51. The van der Waals surface area contributed by atoms with Gasteiger partial charge in [0.2, 0.25) is 5.91 Å². The van der Waals surface area contributed by atoms with Crippen molar-refractivity contribution in [2.45, 2.75) is 13.8 Å². The van der Waals surface area contributed by atoms with Gasteiger partial charge in [-0.3, -0.25) is 9.59 Å². The summed E-state index contributed by atoms with van der Waals surface area (Å²) in [6.07, 6.45) is 1.56. The summed E-state index contributed by atoms with van der Waals surface area (Å²) in [7, 11) is 0. The fraction of sp³-hybridized carbons (Fsp3) is 0.278. The maximum Gasteiger partial charge on any atom is 0.261 e. The van der Waals surface area contributed by atoms with Crippen LogP contribution in [0.4, 0.5) is 5.13 Å². The highest BCUT2D eigenvalue weighted by molar-refractivity contribution is 7.15. The number of halogens is 1. The zero-order valence-electron chi connectivity index (χ0n) is 14.6. The summed E-state index contributed by atoms with van der Waals surface area (Å²) >= 11 is 7.21. The highest BCUT2D eigenvalue weighted by Crippen LogP contribution is 2.21. The zero-order chi connectivity index (χ0) is 19.1. The number of ether oxygens (including phenoxy) is 1. The van der Waals surface area contributed by atoms with E-state index < -0.39 is 0 Å². The fourth-order valence-electron chi connectivity index (χ4n) is 2.04. The minimum absolute atomic E-state index is 0.105. The van der Waals surface area contributed by atoms with Crippen LogP contribution in [0.3, 0.4) is 0 Å². The number of hydrogen-bond acceptors (Lipinski definition) is 5. The Kier molecular flexibility index (Phi) is 7.17. The number of nitrogens with one attached hydrogen (secondary N) is 1. The van der Waals surface area contributed by atoms with Crippen LogP contribution in [0, 0.1) is 13.8 Å². The minimum atomic E-state index is -0.319. The Morgan fingerprint density at radius 2 is 2.04 bits per heavy atom. The summed E-state index contributed by atoms with van der Waals surface area (Å²) in [5.41, 5.74) is 0.876. The number of rotatable bonds is 8. The monoisotopic (exact) mass is 393 g/mol. The third kappa shape index (κ3) is 5.86. The Hall–Kier alpha value is -2.38. The van der Waals surface area contributed by atoms with E-state index >= 15 is 0 Å². The number of benzene rings is 1. The van der Waals surface area contributed by atoms with Gasteiger partial charge in [-0.2, -0.15) is 0 Å². The van der Waals surface area contributed by atoms with Crippen molar-refractivity contribution < 1.29 is 14.3 Å². The quantitative estimate of drug-likeness (QED) is 0.697. The molecule has 26 heavy (non-hydrogen) atoms. The van der Waals surface area contributed by atoms with Crippen molar-refractivity contribution in [2.24, 2.45) is 0 Å². The Morgan fingerprint density at radius 1 is 1.35 bits per heavy atom. The van der Waals surface area contributed by atoms with Crippen LogP contribution < -0.4 is 10.1 Å². The minimum Gasteiger partial charge on any atom is -0.484 e. The Balaban J connectivity index is 1.91. The van der Waals surface area contributed by atoms with Crippen molar-refractivity contribution in [1.82, 2.24) is 9.88 Å². The number of amides is 2. The lowest BCUT2D eigenvalue weighted by atomic mass is 10.3. The van der Waals surface area contributed by atoms with Gasteiger partial charge in [-0.1, -0.05) is 17.7 Å². The molecule has 0 aliphatic heterocycles. The molecular formula is C18H20ClN3O3S. The van der Waals surface area contributed by atoms with E-state index in [4.69, 9.17) is 16.3 Å². The summed E-state index contributed by atoms with van der Waals surface area (Å²) in [4.78, 5) is 31.2. The lowest BCUT2D eigenvalue weighted by molar-refractivity contribution is -0.135. The topological polar surface area (TPSA) is 71.5 Å². The molecule has 0 unspecified atom stereocenters. The first-order valence-corrected chi connectivity index (χ1v) is 9.09. The molecule has 1 aromatic carbocycles. The Morgan fingerprint density at radius 3 is 2.62 bits per heavy atom. The number of hydrogen-bond donors (Lipinski definition) is 1. The van der Waals surface area contributed by atoms with Gasteiger partial charge in [0.1, 0.15) is 12.3 Å². The highest BCUT2D eigenvalue weighted by Gasteiger charge is 2.18. The van der Waals surface area contributed by atoms with Crippen LogP contribution in [0.25, 0.3) is 0 Å². The van der Waals surface area contributed by atoms with E-state index in [1.165, 1.54) is 16.2 Å². The molecule has 2 aromatic rings. The molecule has 0 bridgehead atoms. The standard InChI is InChI=1S/C18H20ClN3O3S/c1-4-9-22(10-16(23)21-18-20-12(2)13(3)26-18)17(24)11-25-15-7-5-14(19)6-8-15/h4-8H,1,9-11H2,2-3H3,(H,20,21,23). The summed E-state index contributed by atoms with van der Waals surface area (Å²) in [5.74, 6) is -0.110. The fourth-order valence-corrected chi connectivity index (χ4v) is 2.99. The maximum absolute atomic E-state index is 12.4. The molecule has 1 heterocycles. The molecule has 0 saturated heterocycles.